The lowest BCUT2D eigenvalue weighted by Gasteiger charge is -2.26. The van der Waals surface area contributed by atoms with Gasteiger partial charge in [0.2, 0.25) is 0 Å². The minimum Gasteiger partial charge on any atom is -0.292 e. The molecule has 0 saturated carbocycles. The topological polar surface area (TPSA) is 39.9 Å². The van der Waals surface area contributed by atoms with Crippen molar-refractivity contribution in [1.82, 2.24) is 9.88 Å². The quantitative estimate of drug-likeness (QED) is 0.832. The predicted molar refractivity (Wildman–Crippen MR) is 79.8 cm³/mol. The lowest BCUT2D eigenvalue weighted by atomic mass is 10.1. The zero-order chi connectivity index (χ0) is 14.4. The van der Waals surface area contributed by atoms with E-state index in [0.29, 0.717) is 11.7 Å². The molecule has 0 bridgehead atoms. The molecule has 0 amide bonds. The Kier molecular flexibility index (Phi) is 4.86. The number of benzene rings is 1. The van der Waals surface area contributed by atoms with Gasteiger partial charge in [0.15, 0.2) is 0 Å². The molecule has 0 radical (unpaired) electrons. The molecular weight excluding hydrogens is 246 g/mol. The SMILES string of the molecule is CC(C)N(Cc1ccccc1)Cc1ccnc(C#N)c1. The Hall–Kier alpha value is -2.18. The van der Waals surface area contributed by atoms with Crippen LogP contribution in [0.25, 0.3) is 0 Å². The Bertz CT molecular complexity index is 585. The summed E-state index contributed by atoms with van der Waals surface area (Å²) in [6, 6.07) is 16.8. The second-order valence-electron chi connectivity index (χ2n) is 5.15. The second kappa shape index (κ2) is 6.83. The molecule has 1 aromatic carbocycles. The average Bonchev–Trinajstić information content (AvgIpc) is 2.48. The largest absolute Gasteiger partial charge is 0.292 e. The number of aromatic nitrogens is 1. The van der Waals surface area contributed by atoms with Crippen molar-refractivity contribution in [2.45, 2.75) is 33.0 Å². The number of hydrogen-bond donors (Lipinski definition) is 0. The highest BCUT2D eigenvalue weighted by atomic mass is 15.1. The molecule has 102 valence electrons. The summed E-state index contributed by atoms with van der Waals surface area (Å²) in [6.45, 7) is 6.11. The third-order valence-corrected chi connectivity index (χ3v) is 3.28. The summed E-state index contributed by atoms with van der Waals surface area (Å²) in [7, 11) is 0. The number of hydrogen-bond acceptors (Lipinski definition) is 3. The first kappa shape index (κ1) is 14.2. The van der Waals surface area contributed by atoms with Crippen LogP contribution in [0, 0.1) is 11.3 Å². The van der Waals surface area contributed by atoms with Crippen LogP contribution < -0.4 is 0 Å². The summed E-state index contributed by atoms with van der Waals surface area (Å²) in [5.74, 6) is 0. The number of nitriles is 1. The maximum absolute atomic E-state index is 8.91. The molecule has 0 fully saturated rings. The average molecular weight is 265 g/mol. The van der Waals surface area contributed by atoms with Gasteiger partial charge in [-0.15, -0.1) is 0 Å². The molecule has 20 heavy (non-hydrogen) atoms. The molecule has 1 aromatic heterocycles. The third-order valence-electron chi connectivity index (χ3n) is 3.28. The van der Waals surface area contributed by atoms with Crippen LogP contribution in [0.15, 0.2) is 48.7 Å². The first-order valence-electron chi connectivity index (χ1n) is 6.82. The third kappa shape index (κ3) is 3.91. The Morgan fingerprint density at radius 3 is 2.45 bits per heavy atom. The molecular formula is C17H19N3. The standard InChI is InChI=1S/C17H19N3/c1-14(2)20(12-15-6-4-3-5-7-15)13-16-8-9-19-17(10-16)11-18/h3-10,14H,12-13H2,1-2H3. The predicted octanol–water partition coefficient (Wildman–Crippen LogP) is 3.36. The van der Waals surface area contributed by atoms with Gasteiger partial charge in [0.25, 0.3) is 0 Å². The highest BCUT2D eigenvalue weighted by Gasteiger charge is 2.11. The minimum absolute atomic E-state index is 0.439. The van der Waals surface area contributed by atoms with Gasteiger partial charge < -0.3 is 0 Å². The Labute approximate surface area is 120 Å². The van der Waals surface area contributed by atoms with Crippen molar-refractivity contribution in [3.8, 4) is 6.07 Å². The zero-order valence-corrected chi connectivity index (χ0v) is 12.0. The van der Waals surface area contributed by atoms with E-state index in [0.717, 1.165) is 18.7 Å². The summed E-state index contributed by atoms with van der Waals surface area (Å²) in [4.78, 5) is 6.40. The van der Waals surface area contributed by atoms with Gasteiger partial charge in [-0.05, 0) is 37.1 Å². The molecule has 3 heteroatoms. The number of rotatable bonds is 5. The highest BCUT2D eigenvalue weighted by molar-refractivity contribution is 5.25. The Morgan fingerprint density at radius 1 is 1.10 bits per heavy atom. The van der Waals surface area contributed by atoms with Crippen LogP contribution in [0.4, 0.5) is 0 Å². The fourth-order valence-corrected chi connectivity index (χ4v) is 2.11. The molecule has 0 aliphatic rings. The van der Waals surface area contributed by atoms with Crippen molar-refractivity contribution in [1.29, 1.82) is 5.26 Å². The van der Waals surface area contributed by atoms with Crippen molar-refractivity contribution in [3.63, 3.8) is 0 Å². The van der Waals surface area contributed by atoms with Gasteiger partial charge in [-0.25, -0.2) is 4.98 Å². The smallest absolute Gasteiger partial charge is 0.140 e. The zero-order valence-electron chi connectivity index (χ0n) is 12.0. The van der Waals surface area contributed by atoms with Crippen molar-refractivity contribution in [2.24, 2.45) is 0 Å². The molecule has 0 spiro atoms. The monoisotopic (exact) mass is 265 g/mol. The minimum atomic E-state index is 0.439. The van der Waals surface area contributed by atoms with Crippen LogP contribution in [-0.4, -0.2) is 15.9 Å². The number of pyridine rings is 1. The van der Waals surface area contributed by atoms with Crippen LogP contribution in [0.5, 0.6) is 0 Å². The van der Waals surface area contributed by atoms with Crippen molar-refractivity contribution in [2.75, 3.05) is 0 Å². The first-order valence-corrected chi connectivity index (χ1v) is 6.82. The summed E-state index contributed by atoms with van der Waals surface area (Å²) in [5.41, 5.74) is 2.91. The number of nitrogens with zero attached hydrogens (tertiary/aromatic N) is 3. The van der Waals surface area contributed by atoms with Crippen LogP contribution in [0.3, 0.4) is 0 Å². The fourth-order valence-electron chi connectivity index (χ4n) is 2.11. The van der Waals surface area contributed by atoms with Gasteiger partial charge in [0, 0.05) is 25.3 Å². The molecule has 2 aromatic rings. The van der Waals surface area contributed by atoms with E-state index in [2.05, 4.69) is 54.1 Å². The van der Waals surface area contributed by atoms with Crippen LogP contribution in [0.2, 0.25) is 0 Å². The van der Waals surface area contributed by atoms with E-state index in [9.17, 15) is 0 Å². The first-order chi connectivity index (χ1) is 9.69. The van der Waals surface area contributed by atoms with Gasteiger partial charge in [0.1, 0.15) is 11.8 Å². The van der Waals surface area contributed by atoms with E-state index in [1.54, 1.807) is 6.20 Å². The van der Waals surface area contributed by atoms with Crippen LogP contribution >= 0.6 is 0 Å². The molecule has 0 N–H and O–H groups in total. The van der Waals surface area contributed by atoms with Gasteiger partial charge >= 0.3 is 0 Å². The molecule has 3 nitrogen and oxygen atoms in total. The van der Waals surface area contributed by atoms with Crippen molar-refractivity contribution >= 4 is 0 Å². The van der Waals surface area contributed by atoms with E-state index in [-0.39, 0.29) is 0 Å². The fraction of sp³-hybridized carbons (Fsp3) is 0.294. The van der Waals surface area contributed by atoms with E-state index in [1.165, 1.54) is 5.56 Å². The van der Waals surface area contributed by atoms with Crippen LogP contribution in [-0.2, 0) is 13.1 Å². The summed E-state index contributed by atoms with van der Waals surface area (Å²) < 4.78 is 0. The van der Waals surface area contributed by atoms with Crippen LogP contribution in [0.1, 0.15) is 30.7 Å². The lowest BCUT2D eigenvalue weighted by molar-refractivity contribution is 0.203. The Morgan fingerprint density at radius 2 is 1.80 bits per heavy atom. The molecule has 0 aliphatic carbocycles. The van der Waals surface area contributed by atoms with E-state index in [4.69, 9.17) is 5.26 Å². The maximum atomic E-state index is 8.91. The molecule has 0 aliphatic heterocycles. The molecule has 0 atom stereocenters. The Balaban J connectivity index is 2.11. The molecule has 1 heterocycles. The second-order valence-corrected chi connectivity index (χ2v) is 5.15. The highest BCUT2D eigenvalue weighted by Crippen LogP contribution is 2.13. The lowest BCUT2D eigenvalue weighted by Crippen LogP contribution is -2.29. The van der Waals surface area contributed by atoms with Crippen molar-refractivity contribution in [3.05, 3.63) is 65.5 Å². The molecule has 2 rings (SSSR count). The van der Waals surface area contributed by atoms with Gasteiger partial charge in [-0.1, -0.05) is 30.3 Å². The molecule has 0 saturated heterocycles. The van der Waals surface area contributed by atoms with E-state index < -0.39 is 0 Å². The summed E-state index contributed by atoms with van der Waals surface area (Å²) >= 11 is 0. The normalized spacial score (nSPS) is 10.8. The van der Waals surface area contributed by atoms with Gasteiger partial charge in [0.05, 0.1) is 0 Å². The van der Waals surface area contributed by atoms with E-state index >= 15 is 0 Å². The summed E-state index contributed by atoms with van der Waals surface area (Å²) in [6.07, 6.45) is 1.70. The maximum Gasteiger partial charge on any atom is 0.140 e. The van der Waals surface area contributed by atoms with Crippen molar-refractivity contribution < 1.29 is 0 Å². The van der Waals surface area contributed by atoms with E-state index in [1.807, 2.05) is 18.2 Å². The summed E-state index contributed by atoms with van der Waals surface area (Å²) in [5, 5.41) is 8.91. The van der Waals surface area contributed by atoms with Gasteiger partial charge in [-0.2, -0.15) is 5.26 Å². The van der Waals surface area contributed by atoms with Gasteiger partial charge in [-0.3, -0.25) is 4.90 Å². The molecule has 0 unspecified atom stereocenters.